The Morgan fingerprint density at radius 3 is 2.42 bits per heavy atom. The lowest BCUT2D eigenvalue weighted by atomic mass is 10.1. The molecule has 172 valence electrons. The van der Waals surface area contributed by atoms with Gasteiger partial charge >= 0.3 is 0 Å². The summed E-state index contributed by atoms with van der Waals surface area (Å²) in [7, 11) is 2.05. The molecule has 0 saturated heterocycles. The summed E-state index contributed by atoms with van der Waals surface area (Å²) in [4.78, 5) is 27.6. The first-order valence-corrected chi connectivity index (χ1v) is 11.7. The lowest BCUT2D eigenvalue weighted by Crippen LogP contribution is -2.29. The van der Waals surface area contributed by atoms with Crippen LogP contribution in [0.4, 0.5) is 5.69 Å². The van der Waals surface area contributed by atoms with Crippen molar-refractivity contribution in [3.8, 4) is 0 Å². The summed E-state index contributed by atoms with van der Waals surface area (Å²) in [5.41, 5.74) is 9.32. The summed E-state index contributed by atoms with van der Waals surface area (Å²) >= 11 is 3.43. The Labute approximate surface area is 203 Å². The fraction of sp³-hybridized carbons (Fsp3) is 0.231. The van der Waals surface area contributed by atoms with Gasteiger partial charge in [0, 0.05) is 41.9 Å². The zero-order valence-electron chi connectivity index (χ0n) is 18.7. The van der Waals surface area contributed by atoms with Crippen LogP contribution in [0.5, 0.6) is 0 Å². The van der Waals surface area contributed by atoms with Crippen LogP contribution in [0.15, 0.2) is 77.3 Å². The Hall–Kier alpha value is -3.00. The predicted octanol–water partition coefficient (Wildman–Crippen LogP) is 4.06. The maximum atomic E-state index is 13.0. The minimum Gasteiger partial charge on any atom is -0.351 e. The standard InChI is InChI=1S/C26H29BrN4O2/c1-31(16-13-19-7-3-2-4-8-19)18-21-12-11-20(25(32)29-15-14-28)17-24(21)30-26(33)22-9-5-6-10-23(22)27/h2-12,17H,13-16,18,28H2,1H3,(H,29,32)(H,30,33). The van der Waals surface area contributed by atoms with Crippen LogP contribution in [-0.4, -0.2) is 43.4 Å². The average molecular weight is 509 g/mol. The van der Waals surface area contributed by atoms with Gasteiger partial charge in [-0.3, -0.25) is 9.59 Å². The summed E-state index contributed by atoms with van der Waals surface area (Å²) in [6, 6.07) is 23.0. The van der Waals surface area contributed by atoms with Gasteiger partial charge in [-0.05, 0) is 64.8 Å². The fourth-order valence-electron chi connectivity index (χ4n) is 3.43. The van der Waals surface area contributed by atoms with Crippen molar-refractivity contribution in [2.45, 2.75) is 13.0 Å². The van der Waals surface area contributed by atoms with E-state index in [0.717, 1.165) is 18.5 Å². The molecule has 0 spiro atoms. The van der Waals surface area contributed by atoms with E-state index in [2.05, 4.69) is 43.6 Å². The molecule has 0 atom stereocenters. The van der Waals surface area contributed by atoms with Gasteiger partial charge in [0.15, 0.2) is 0 Å². The van der Waals surface area contributed by atoms with E-state index in [1.54, 1.807) is 18.2 Å². The lowest BCUT2D eigenvalue weighted by molar-refractivity contribution is 0.0953. The van der Waals surface area contributed by atoms with E-state index in [1.165, 1.54) is 5.56 Å². The molecule has 3 rings (SSSR count). The second kappa shape index (κ2) is 12.3. The minimum absolute atomic E-state index is 0.221. The number of benzene rings is 3. The number of rotatable bonds is 10. The third-order valence-corrected chi connectivity index (χ3v) is 5.93. The fourth-order valence-corrected chi connectivity index (χ4v) is 3.89. The molecule has 0 aromatic heterocycles. The zero-order valence-corrected chi connectivity index (χ0v) is 20.3. The van der Waals surface area contributed by atoms with Gasteiger partial charge in [0.1, 0.15) is 0 Å². The van der Waals surface area contributed by atoms with Gasteiger partial charge in [-0.25, -0.2) is 0 Å². The molecule has 3 aromatic rings. The highest BCUT2D eigenvalue weighted by molar-refractivity contribution is 9.10. The van der Waals surface area contributed by atoms with Gasteiger partial charge in [0.2, 0.25) is 0 Å². The first-order valence-electron chi connectivity index (χ1n) is 10.9. The van der Waals surface area contributed by atoms with Crippen LogP contribution in [0.2, 0.25) is 0 Å². The van der Waals surface area contributed by atoms with Gasteiger partial charge < -0.3 is 21.3 Å². The van der Waals surface area contributed by atoms with E-state index in [1.807, 2.05) is 49.5 Å². The average Bonchev–Trinajstić information content (AvgIpc) is 2.83. The van der Waals surface area contributed by atoms with Crippen molar-refractivity contribution in [3.63, 3.8) is 0 Å². The van der Waals surface area contributed by atoms with Crippen molar-refractivity contribution >= 4 is 33.4 Å². The number of carbonyl (C=O) groups is 2. The van der Waals surface area contributed by atoms with Crippen molar-refractivity contribution in [3.05, 3.63) is 99.5 Å². The van der Waals surface area contributed by atoms with Crippen LogP contribution < -0.4 is 16.4 Å². The molecule has 7 heteroatoms. The van der Waals surface area contributed by atoms with Crippen molar-refractivity contribution in [2.24, 2.45) is 5.73 Å². The summed E-state index contributed by atoms with van der Waals surface area (Å²) in [6.45, 7) is 2.24. The number of hydrogen-bond donors (Lipinski definition) is 3. The van der Waals surface area contributed by atoms with Crippen LogP contribution in [0, 0.1) is 0 Å². The minimum atomic E-state index is -0.241. The van der Waals surface area contributed by atoms with E-state index in [0.29, 0.717) is 40.9 Å². The first-order chi connectivity index (χ1) is 16.0. The third-order valence-electron chi connectivity index (χ3n) is 5.23. The van der Waals surface area contributed by atoms with Crippen molar-refractivity contribution in [1.29, 1.82) is 0 Å². The van der Waals surface area contributed by atoms with Crippen molar-refractivity contribution in [1.82, 2.24) is 10.2 Å². The summed E-state index contributed by atoms with van der Waals surface area (Å²) in [5.74, 6) is -0.462. The Balaban J connectivity index is 1.79. The highest BCUT2D eigenvalue weighted by Gasteiger charge is 2.15. The molecule has 33 heavy (non-hydrogen) atoms. The normalized spacial score (nSPS) is 10.8. The Morgan fingerprint density at radius 1 is 0.970 bits per heavy atom. The number of nitrogens with two attached hydrogens (primary N) is 1. The van der Waals surface area contributed by atoms with Gasteiger partial charge in [-0.1, -0.05) is 48.5 Å². The maximum Gasteiger partial charge on any atom is 0.256 e. The molecule has 3 aromatic carbocycles. The molecule has 6 nitrogen and oxygen atoms in total. The highest BCUT2D eigenvalue weighted by atomic mass is 79.9. The number of anilines is 1. The van der Waals surface area contributed by atoms with Gasteiger partial charge in [0.05, 0.1) is 5.56 Å². The molecule has 0 aliphatic carbocycles. The van der Waals surface area contributed by atoms with Gasteiger partial charge in [0.25, 0.3) is 11.8 Å². The molecule has 0 bridgehead atoms. The Morgan fingerprint density at radius 2 is 1.70 bits per heavy atom. The van der Waals surface area contributed by atoms with E-state index >= 15 is 0 Å². The summed E-state index contributed by atoms with van der Waals surface area (Å²) in [5, 5.41) is 5.77. The molecule has 0 aliphatic rings. The van der Waals surface area contributed by atoms with E-state index < -0.39 is 0 Å². The molecule has 0 unspecified atom stereocenters. The monoisotopic (exact) mass is 508 g/mol. The van der Waals surface area contributed by atoms with Crippen molar-refractivity contribution in [2.75, 3.05) is 32.0 Å². The lowest BCUT2D eigenvalue weighted by Gasteiger charge is -2.20. The molecule has 0 fully saturated rings. The molecule has 0 aliphatic heterocycles. The number of nitrogens with one attached hydrogen (secondary N) is 2. The number of halogens is 1. The summed E-state index contributed by atoms with van der Waals surface area (Å²) < 4.78 is 0.709. The Kier molecular flexibility index (Phi) is 9.18. The molecular weight excluding hydrogens is 480 g/mol. The summed E-state index contributed by atoms with van der Waals surface area (Å²) in [6.07, 6.45) is 0.926. The first kappa shape index (κ1) is 24.6. The number of likely N-dealkylation sites (N-methyl/N-ethyl adjacent to an activating group) is 1. The van der Waals surface area contributed by atoms with Crippen LogP contribution >= 0.6 is 15.9 Å². The van der Waals surface area contributed by atoms with Crippen LogP contribution in [-0.2, 0) is 13.0 Å². The second-order valence-electron chi connectivity index (χ2n) is 7.82. The second-order valence-corrected chi connectivity index (χ2v) is 8.68. The van der Waals surface area contributed by atoms with Crippen LogP contribution in [0.25, 0.3) is 0 Å². The van der Waals surface area contributed by atoms with Gasteiger partial charge in [-0.15, -0.1) is 0 Å². The van der Waals surface area contributed by atoms with Gasteiger partial charge in [-0.2, -0.15) is 0 Å². The molecule has 0 heterocycles. The predicted molar refractivity (Wildman–Crippen MR) is 136 cm³/mol. The number of amides is 2. The van der Waals surface area contributed by atoms with Crippen molar-refractivity contribution < 1.29 is 9.59 Å². The smallest absolute Gasteiger partial charge is 0.256 e. The topological polar surface area (TPSA) is 87.5 Å². The van der Waals surface area contributed by atoms with Crippen LogP contribution in [0.3, 0.4) is 0 Å². The number of nitrogens with zero attached hydrogens (tertiary/aromatic N) is 1. The molecule has 4 N–H and O–H groups in total. The molecule has 2 amide bonds. The van der Waals surface area contributed by atoms with E-state index in [4.69, 9.17) is 5.73 Å². The van der Waals surface area contributed by atoms with Crippen LogP contribution in [0.1, 0.15) is 31.8 Å². The van der Waals surface area contributed by atoms with E-state index in [-0.39, 0.29) is 11.8 Å². The highest BCUT2D eigenvalue weighted by Crippen LogP contribution is 2.23. The quantitative estimate of drug-likeness (QED) is 0.385. The molecule has 0 saturated carbocycles. The third kappa shape index (κ3) is 7.25. The molecule has 0 radical (unpaired) electrons. The number of carbonyl (C=O) groups excluding carboxylic acids is 2. The zero-order chi connectivity index (χ0) is 23.6. The van der Waals surface area contributed by atoms with E-state index in [9.17, 15) is 9.59 Å². The Bertz CT molecular complexity index is 1090. The largest absolute Gasteiger partial charge is 0.351 e. The number of hydrogen-bond acceptors (Lipinski definition) is 4. The SMILES string of the molecule is CN(CCc1ccccc1)Cc1ccc(C(=O)NCCN)cc1NC(=O)c1ccccc1Br. The molecular formula is C26H29BrN4O2. The maximum absolute atomic E-state index is 13.0.